The van der Waals surface area contributed by atoms with Crippen LogP contribution in [0.1, 0.15) is 5.56 Å². The second kappa shape index (κ2) is 6.57. The van der Waals surface area contributed by atoms with Crippen LogP contribution in [-0.2, 0) is 6.54 Å². The van der Waals surface area contributed by atoms with Crippen LogP contribution in [0.5, 0.6) is 0 Å². The summed E-state index contributed by atoms with van der Waals surface area (Å²) in [6.45, 7) is 0.465. The highest BCUT2D eigenvalue weighted by Gasteiger charge is 2.10. The minimum Gasteiger partial charge on any atom is -0.295 e. The first-order valence-electron chi connectivity index (χ1n) is 8.03. The maximum atomic E-state index is 12.7. The van der Waals surface area contributed by atoms with Crippen LogP contribution in [-0.4, -0.2) is 19.3 Å². The first kappa shape index (κ1) is 15.1. The summed E-state index contributed by atoms with van der Waals surface area (Å²) in [7, 11) is 0. The van der Waals surface area contributed by atoms with Crippen molar-refractivity contribution in [3.8, 4) is 5.69 Å². The number of hydrogen-bond donors (Lipinski definition) is 0. The highest BCUT2D eigenvalue weighted by molar-refractivity contribution is 5.74. The molecule has 0 aliphatic heterocycles. The van der Waals surface area contributed by atoms with Gasteiger partial charge in [-0.15, -0.1) is 0 Å². The topological polar surface area (TPSA) is 52.7 Å². The molecule has 5 heteroatoms. The molecule has 122 valence electrons. The van der Waals surface area contributed by atoms with E-state index in [9.17, 15) is 4.79 Å². The van der Waals surface area contributed by atoms with Crippen molar-refractivity contribution in [3.63, 3.8) is 0 Å². The van der Waals surface area contributed by atoms with E-state index in [0.29, 0.717) is 17.6 Å². The van der Waals surface area contributed by atoms with Crippen LogP contribution in [0.3, 0.4) is 0 Å². The Kier molecular flexibility index (Phi) is 3.96. The van der Waals surface area contributed by atoms with Crippen molar-refractivity contribution in [2.45, 2.75) is 6.54 Å². The Bertz CT molecular complexity index is 1080. The monoisotopic (exact) mass is 328 g/mol. The SMILES string of the molecule is O=c1c2cnn(-c3ccccc3)c2ncn1C/C=C\c1ccccc1. The second-order valence-corrected chi connectivity index (χ2v) is 5.64. The highest BCUT2D eigenvalue weighted by Crippen LogP contribution is 2.13. The molecule has 0 unspecified atom stereocenters. The maximum absolute atomic E-state index is 12.7. The number of fused-ring (bicyclic) bond motifs is 1. The van der Waals surface area contributed by atoms with E-state index >= 15 is 0 Å². The Morgan fingerprint density at radius 3 is 2.44 bits per heavy atom. The lowest BCUT2D eigenvalue weighted by Crippen LogP contribution is -2.19. The molecule has 0 atom stereocenters. The zero-order valence-corrected chi connectivity index (χ0v) is 13.5. The number of aromatic nitrogens is 4. The Labute approximate surface area is 144 Å². The van der Waals surface area contributed by atoms with Gasteiger partial charge in [-0.25, -0.2) is 9.67 Å². The van der Waals surface area contributed by atoms with Gasteiger partial charge in [0.25, 0.3) is 5.56 Å². The third kappa shape index (κ3) is 2.99. The van der Waals surface area contributed by atoms with Gasteiger partial charge in [-0.2, -0.15) is 5.10 Å². The number of allylic oxidation sites excluding steroid dienone is 1. The fraction of sp³-hybridized carbons (Fsp3) is 0.0500. The van der Waals surface area contributed by atoms with E-state index in [1.165, 1.54) is 0 Å². The van der Waals surface area contributed by atoms with Gasteiger partial charge in [0.05, 0.1) is 11.9 Å². The van der Waals surface area contributed by atoms with Gasteiger partial charge in [0.1, 0.15) is 11.7 Å². The minimum absolute atomic E-state index is 0.0927. The summed E-state index contributed by atoms with van der Waals surface area (Å²) < 4.78 is 3.26. The summed E-state index contributed by atoms with van der Waals surface area (Å²) in [5.41, 5.74) is 2.46. The third-order valence-electron chi connectivity index (χ3n) is 3.97. The second-order valence-electron chi connectivity index (χ2n) is 5.64. The van der Waals surface area contributed by atoms with Crippen LogP contribution in [0, 0.1) is 0 Å². The Morgan fingerprint density at radius 1 is 0.960 bits per heavy atom. The van der Waals surface area contributed by atoms with E-state index < -0.39 is 0 Å². The molecule has 25 heavy (non-hydrogen) atoms. The van der Waals surface area contributed by atoms with E-state index in [-0.39, 0.29) is 5.56 Å². The van der Waals surface area contributed by atoms with Gasteiger partial charge in [0.2, 0.25) is 0 Å². The molecule has 0 amide bonds. The van der Waals surface area contributed by atoms with Gasteiger partial charge in [0, 0.05) is 6.54 Å². The lowest BCUT2D eigenvalue weighted by molar-refractivity contribution is 0.765. The van der Waals surface area contributed by atoms with Crippen LogP contribution in [0.4, 0.5) is 0 Å². The zero-order valence-electron chi connectivity index (χ0n) is 13.5. The van der Waals surface area contributed by atoms with Crippen molar-refractivity contribution in [2.75, 3.05) is 0 Å². The largest absolute Gasteiger partial charge is 0.295 e. The third-order valence-corrected chi connectivity index (χ3v) is 3.97. The van der Waals surface area contributed by atoms with Crippen molar-refractivity contribution in [1.82, 2.24) is 19.3 Å². The first-order valence-corrected chi connectivity index (χ1v) is 8.03. The average Bonchev–Trinajstić information content (AvgIpc) is 3.10. The Hall–Kier alpha value is -3.47. The van der Waals surface area contributed by atoms with Crippen molar-refractivity contribution >= 4 is 17.1 Å². The molecule has 2 heterocycles. The van der Waals surface area contributed by atoms with Crippen LogP contribution in [0.2, 0.25) is 0 Å². The van der Waals surface area contributed by atoms with Gasteiger partial charge < -0.3 is 0 Å². The fourth-order valence-electron chi connectivity index (χ4n) is 2.70. The summed E-state index contributed by atoms with van der Waals surface area (Å²) in [6.07, 6.45) is 7.09. The van der Waals surface area contributed by atoms with Crippen LogP contribution < -0.4 is 5.56 Å². The lowest BCUT2D eigenvalue weighted by atomic mass is 10.2. The Balaban J connectivity index is 1.65. The lowest BCUT2D eigenvalue weighted by Gasteiger charge is -2.04. The molecule has 4 rings (SSSR count). The predicted molar refractivity (Wildman–Crippen MR) is 98.6 cm³/mol. The summed E-state index contributed by atoms with van der Waals surface area (Å²) in [4.78, 5) is 17.1. The van der Waals surface area contributed by atoms with Crippen molar-refractivity contribution < 1.29 is 0 Å². The van der Waals surface area contributed by atoms with Gasteiger partial charge in [-0.3, -0.25) is 9.36 Å². The van der Waals surface area contributed by atoms with Crippen LogP contribution in [0.25, 0.3) is 22.8 Å². The van der Waals surface area contributed by atoms with Gasteiger partial charge in [-0.05, 0) is 17.7 Å². The number of para-hydroxylation sites is 1. The molecule has 0 fully saturated rings. The molecule has 0 aliphatic carbocycles. The highest BCUT2D eigenvalue weighted by atomic mass is 16.1. The standard InChI is InChI=1S/C20H16N4O/c25-20-18-14-22-24(17-11-5-2-6-12-17)19(18)21-15-23(20)13-7-10-16-8-3-1-4-9-16/h1-12,14-15H,13H2/b10-7-. The molecule has 0 saturated carbocycles. The molecular formula is C20H16N4O. The van der Waals surface area contributed by atoms with E-state index in [2.05, 4.69) is 10.1 Å². The van der Waals surface area contributed by atoms with Crippen molar-refractivity contribution in [2.24, 2.45) is 0 Å². The zero-order chi connectivity index (χ0) is 17.1. The molecule has 2 aromatic heterocycles. The minimum atomic E-state index is -0.0927. The van der Waals surface area contributed by atoms with Crippen molar-refractivity contribution in [1.29, 1.82) is 0 Å². The van der Waals surface area contributed by atoms with Gasteiger partial charge in [0.15, 0.2) is 5.65 Å². The van der Waals surface area contributed by atoms with Crippen molar-refractivity contribution in [3.05, 3.63) is 95.2 Å². The maximum Gasteiger partial charge on any atom is 0.264 e. The molecule has 0 aliphatic rings. The molecule has 0 radical (unpaired) electrons. The smallest absolute Gasteiger partial charge is 0.264 e. The van der Waals surface area contributed by atoms with E-state index in [1.807, 2.05) is 72.8 Å². The summed E-state index contributed by atoms with van der Waals surface area (Å²) >= 11 is 0. The fourth-order valence-corrected chi connectivity index (χ4v) is 2.70. The predicted octanol–water partition coefficient (Wildman–Crippen LogP) is 3.30. The average molecular weight is 328 g/mol. The molecule has 4 aromatic rings. The molecule has 0 saturated heterocycles. The number of nitrogens with zero attached hydrogens (tertiary/aromatic N) is 4. The van der Waals surface area contributed by atoms with Crippen LogP contribution >= 0.6 is 0 Å². The molecule has 0 bridgehead atoms. The first-order chi connectivity index (χ1) is 12.3. The summed E-state index contributed by atoms with van der Waals surface area (Å²) in [5, 5.41) is 4.83. The van der Waals surface area contributed by atoms with Gasteiger partial charge >= 0.3 is 0 Å². The summed E-state index contributed by atoms with van der Waals surface area (Å²) in [5.74, 6) is 0. The molecule has 2 aromatic carbocycles. The van der Waals surface area contributed by atoms with E-state index in [1.54, 1.807) is 21.8 Å². The summed E-state index contributed by atoms with van der Waals surface area (Å²) in [6, 6.07) is 19.6. The quantitative estimate of drug-likeness (QED) is 0.577. The molecule has 0 N–H and O–H groups in total. The molecule has 0 spiro atoms. The number of benzene rings is 2. The number of hydrogen-bond acceptors (Lipinski definition) is 3. The van der Waals surface area contributed by atoms with Crippen LogP contribution in [0.15, 0.2) is 84.1 Å². The Morgan fingerprint density at radius 2 is 1.68 bits per heavy atom. The number of rotatable bonds is 4. The van der Waals surface area contributed by atoms with E-state index in [0.717, 1.165) is 11.3 Å². The molecule has 5 nitrogen and oxygen atoms in total. The van der Waals surface area contributed by atoms with Gasteiger partial charge in [-0.1, -0.05) is 60.7 Å². The normalized spacial score (nSPS) is 11.4. The molecular weight excluding hydrogens is 312 g/mol. The van der Waals surface area contributed by atoms with E-state index in [4.69, 9.17) is 0 Å².